The Hall–Kier alpha value is -3.51. The second kappa shape index (κ2) is 7.39. The zero-order valence-corrected chi connectivity index (χ0v) is 16.8. The van der Waals surface area contributed by atoms with E-state index in [1.165, 1.54) is 0 Å². The highest BCUT2D eigenvalue weighted by Gasteiger charge is 2.28. The third-order valence-corrected chi connectivity index (χ3v) is 5.92. The van der Waals surface area contributed by atoms with Gasteiger partial charge in [-0.15, -0.1) is 0 Å². The van der Waals surface area contributed by atoms with Crippen molar-refractivity contribution >= 4 is 5.52 Å². The fourth-order valence-electron chi connectivity index (χ4n) is 4.27. The van der Waals surface area contributed by atoms with E-state index in [0.717, 1.165) is 53.8 Å². The molecule has 152 valence electrons. The van der Waals surface area contributed by atoms with Gasteiger partial charge in [-0.2, -0.15) is 20.6 Å². The molecule has 4 heterocycles. The van der Waals surface area contributed by atoms with Gasteiger partial charge in [0.25, 0.3) is 0 Å². The quantitative estimate of drug-likeness (QED) is 0.562. The molecule has 30 heavy (non-hydrogen) atoms. The molecule has 1 saturated carbocycles. The average Bonchev–Trinajstić information content (AvgIpc) is 3.50. The van der Waals surface area contributed by atoms with Gasteiger partial charge in [-0.3, -0.25) is 9.36 Å². The molecule has 0 saturated heterocycles. The van der Waals surface area contributed by atoms with E-state index in [1.807, 2.05) is 37.8 Å². The summed E-state index contributed by atoms with van der Waals surface area (Å²) in [6, 6.07) is 6.24. The van der Waals surface area contributed by atoms with Crippen LogP contribution in [0, 0.1) is 17.2 Å². The molecule has 9 nitrogen and oxygen atoms in total. The molecule has 2 N–H and O–H groups in total. The van der Waals surface area contributed by atoms with Crippen LogP contribution in [0.15, 0.2) is 43.1 Å². The summed E-state index contributed by atoms with van der Waals surface area (Å²) in [5.41, 5.74) is 10.0. The van der Waals surface area contributed by atoms with Gasteiger partial charge in [-0.1, -0.05) is 0 Å². The molecule has 0 bridgehead atoms. The van der Waals surface area contributed by atoms with E-state index in [9.17, 15) is 5.26 Å². The fourth-order valence-corrected chi connectivity index (χ4v) is 4.27. The van der Waals surface area contributed by atoms with Crippen LogP contribution in [-0.2, 0) is 7.05 Å². The first kappa shape index (κ1) is 18.5. The van der Waals surface area contributed by atoms with E-state index in [1.54, 1.807) is 26.3 Å². The van der Waals surface area contributed by atoms with Crippen molar-refractivity contribution in [1.82, 2.24) is 34.2 Å². The van der Waals surface area contributed by atoms with Crippen molar-refractivity contribution in [1.29, 1.82) is 5.26 Å². The molecule has 9 heteroatoms. The SMILES string of the molecule is Cn1ccc(-c2cn3nccc3c(-c3cnn(C(C#N)[C@H]4CC[C@@H](N)CC4)c3)n2)n1. The lowest BCUT2D eigenvalue weighted by molar-refractivity contribution is 0.259. The number of hydrogen-bond acceptors (Lipinski definition) is 6. The van der Waals surface area contributed by atoms with E-state index in [-0.39, 0.29) is 18.0 Å². The second-order valence-electron chi connectivity index (χ2n) is 7.97. The van der Waals surface area contributed by atoms with Crippen molar-refractivity contribution in [2.75, 3.05) is 0 Å². The molecule has 1 unspecified atom stereocenters. The van der Waals surface area contributed by atoms with E-state index in [4.69, 9.17) is 10.7 Å². The van der Waals surface area contributed by atoms with Crippen molar-refractivity contribution in [3.05, 3.63) is 43.1 Å². The summed E-state index contributed by atoms with van der Waals surface area (Å²) in [4.78, 5) is 4.86. The normalized spacial score (nSPS) is 20.3. The van der Waals surface area contributed by atoms with Crippen LogP contribution < -0.4 is 5.73 Å². The molecular weight excluding hydrogens is 378 g/mol. The highest BCUT2D eigenvalue weighted by atomic mass is 15.3. The van der Waals surface area contributed by atoms with Crippen molar-refractivity contribution in [2.45, 2.75) is 37.8 Å². The van der Waals surface area contributed by atoms with Crippen LogP contribution in [0.5, 0.6) is 0 Å². The first-order valence-electron chi connectivity index (χ1n) is 10.2. The molecule has 1 aliphatic carbocycles. The number of nitrogens with zero attached hydrogens (tertiary/aromatic N) is 8. The summed E-state index contributed by atoms with van der Waals surface area (Å²) in [6.07, 6.45) is 13.0. The van der Waals surface area contributed by atoms with Crippen molar-refractivity contribution in [3.63, 3.8) is 0 Å². The maximum Gasteiger partial charge on any atom is 0.141 e. The summed E-state index contributed by atoms with van der Waals surface area (Å²) in [5.74, 6) is 0.269. The molecule has 1 fully saturated rings. The highest BCUT2D eigenvalue weighted by molar-refractivity contribution is 5.77. The van der Waals surface area contributed by atoms with Crippen LogP contribution in [0.4, 0.5) is 0 Å². The standard InChI is InChI=1S/C21H23N9/c1-28-9-7-17(27-28)18-13-30-19(6-8-24-30)21(26-18)15-11-25-29(12-15)20(10-22)14-2-4-16(23)5-3-14/h6-9,11-14,16,20H,2-5,23H2,1H3/t14-,16+,20?. The van der Waals surface area contributed by atoms with Crippen molar-refractivity contribution in [2.24, 2.45) is 18.7 Å². The number of aromatic nitrogens is 7. The van der Waals surface area contributed by atoms with Crippen LogP contribution in [0.2, 0.25) is 0 Å². The first-order chi connectivity index (χ1) is 14.6. The summed E-state index contributed by atoms with van der Waals surface area (Å²) >= 11 is 0. The van der Waals surface area contributed by atoms with E-state index < -0.39 is 0 Å². The third kappa shape index (κ3) is 3.25. The maximum absolute atomic E-state index is 9.83. The molecule has 1 atom stereocenters. The van der Waals surface area contributed by atoms with Crippen LogP contribution >= 0.6 is 0 Å². The molecule has 5 rings (SSSR count). The zero-order chi connectivity index (χ0) is 20.7. The molecule has 0 amide bonds. The smallest absolute Gasteiger partial charge is 0.141 e. The topological polar surface area (TPSA) is 116 Å². The Morgan fingerprint density at radius 1 is 1.13 bits per heavy atom. The predicted molar refractivity (Wildman–Crippen MR) is 111 cm³/mol. The Bertz CT molecular complexity index is 1220. The van der Waals surface area contributed by atoms with Crippen molar-refractivity contribution < 1.29 is 0 Å². The summed E-state index contributed by atoms with van der Waals surface area (Å²) in [5, 5.41) is 23.2. The van der Waals surface area contributed by atoms with Crippen LogP contribution in [0.1, 0.15) is 31.7 Å². The average molecular weight is 401 g/mol. The van der Waals surface area contributed by atoms with Crippen LogP contribution in [0.3, 0.4) is 0 Å². The lowest BCUT2D eigenvalue weighted by Crippen LogP contribution is -2.30. The number of aryl methyl sites for hydroxylation is 1. The fraction of sp³-hybridized carbons (Fsp3) is 0.381. The highest BCUT2D eigenvalue weighted by Crippen LogP contribution is 2.33. The van der Waals surface area contributed by atoms with Gasteiger partial charge >= 0.3 is 0 Å². The summed E-state index contributed by atoms with van der Waals surface area (Å²) in [6.45, 7) is 0. The second-order valence-corrected chi connectivity index (χ2v) is 7.97. The molecule has 4 aromatic rings. The van der Waals surface area contributed by atoms with E-state index in [0.29, 0.717) is 0 Å². The number of nitrogens with two attached hydrogens (primary N) is 1. The summed E-state index contributed by atoms with van der Waals surface area (Å²) < 4.78 is 5.32. The minimum Gasteiger partial charge on any atom is -0.328 e. The Balaban J connectivity index is 1.53. The number of rotatable bonds is 4. The first-order valence-corrected chi connectivity index (χ1v) is 10.2. The third-order valence-electron chi connectivity index (χ3n) is 5.92. The molecule has 1 aliphatic rings. The molecule has 0 radical (unpaired) electrons. The van der Waals surface area contributed by atoms with Gasteiger partial charge in [0.1, 0.15) is 17.4 Å². The number of fused-ring (bicyclic) bond motifs is 1. The largest absolute Gasteiger partial charge is 0.328 e. The molecule has 0 aromatic carbocycles. The van der Waals surface area contributed by atoms with Gasteiger partial charge in [0.15, 0.2) is 0 Å². The van der Waals surface area contributed by atoms with Gasteiger partial charge < -0.3 is 5.73 Å². The Kier molecular flexibility index (Phi) is 4.56. The number of hydrogen-bond donors (Lipinski definition) is 1. The molecule has 0 aliphatic heterocycles. The van der Waals surface area contributed by atoms with Crippen LogP contribution in [0.25, 0.3) is 28.2 Å². The Morgan fingerprint density at radius 3 is 2.70 bits per heavy atom. The van der Waals surface area contributed by atoms with E-state index in [2.05, 4.69) is 21.4 Å². The monoisotopic (exact) mass is 401 g/mol. The Labute approximate surface area is 173 Å². The predicted octanol–water partition coefficient (Wildman–Crippen LogP) is 2.58. The molecule has 0 spiro atoms. The molecule has 4 aromatic heterocycles. The van der Waals surface area contributed by atoms with Crippen LogP contribution in [-0.4, -0.2) is 40.2 Å². The zero-order valence-electron chi connectivity index (χ0n) is 16.8. The number of nitriles is 1. The van der Waals surface area contributed by atoms with Gasteiger partial charge in [0, 0.05) is 31.0 Å². The van der Waals surface area contributed by atoms with E-state index >= 15 is 0 Å². The Morgan fingerprint density at radius 2 is 1.97 bits per heavy atom. The summed E-state index contributed by atoms with van der Waals surface area (Å²) in [7, 11) is 1.88. The lowest BCUT2D eigenvalue weighted by atomic mass is 9.82. The van der Waals surface area contributed by atoms with Gasteiger partial charge in [0.2, 0.25) is 0 Å². The lowest BCUT2D eigenvalue weighted by Gasteiger charge is -2.29. The minimum absolute atomic E-state index is 0.252. The van der Waals surface area contributed by atoms with Gasteiger partial charge in [0.05, 0.1) is 35.9 Å². The maximum atomic E-state index is 9.83. The van der Waals surface area contributed by atoms with Crippen molar-refractivity contribution in [3.8, 4) is 28.7 Å². The minimum atomic E-state index is -0.300. The molecular formula is C21H23N9. The van der Waals surface area contributed by atoms with Gasteiger partial charge in [-0.25, -0.2) is 9.50 Å². The van der Waals surface area contributed by atoms with Gasteiger partial charge in [-0.05, 0) is 43.7 Å².